The first-order valence-electron chi connectivity index (χ1n) is 5.86. The summed E-state index contributed by atoms with van der Waals surface area (Å²) in [7, 11) is 0. The van der Waals surface area contributed by atoms with E-state index in [0.717, 1.165) is 25.9 Å². The smallest absolute Gasteiger partial charge is 0.317 e. The van der Waals surface area contributed by atoms with Gasteiger partial charge in [-0.2, -0.15) is 0 Å². The Hall–Kier alpha value is -0.770. The van der Waals surface area contributed by atoms with Gasteiger partial charge in [0.05, 0.1) is 6.61 Å². The summed E-state index contributed by atoms with van der Waals surface area (Å²) in [6.07, 6.45) is 2.00. The molecule has 0 bridgehead atoms. The molecule has 0 aromatic carbocycles. The average molecular weight is 216 g/mol. The quantitative estimate of drug-likeness (QED) is 0.629. The summed E-state index contributed by atoms with van der Waals surface area (Å²) < 4.78 is 5.15. The highest BCUT2D eigenvalue weighted by Crippen LogP contribution is 1.94. The Morgan fingerprint density at radius 1 is 1.20 bits per heavy atom. The van der Waals surface area contributed by atoms with Crippen LogP contribution in [0.3, 0.4) is 0 Å². The maximum Gasteiger partial charge on any atom is 0.317 e. The standard InChI is InChI=1S/C11H24N2O2/c1-4-8-13(9-5-2)11(14)12-7-10-15-6-3/h4-10H2,1-3H3,(H,12,14). The molecule has 0 aromatic heterocycles. The van der Waals surface area contributed by atoms with Crippen molar-refractivity contribution in [3.8, 4) is 0 Å². The second-order valence-corrected chi connectivity index (χ2v) is 3.42. The van der Waals surface area contributed by atoms with Gasteiger partial charge in [-0.3, -0.25) is 0 Å². The molecule has 0 spiro atoms. The van der Waals surface area contributed by atoms with Crippen LogP contribution in [0.5, 0.6) is 0 Å². The van der Waals surface area contributed by atoms with Crippen molar-refractivity contribution in [3.05, 3.63) is 0 Å². The lowest BCUT2D eigenvalue weighted by Gasteiger charge is -2.21. The van der Waals surface area contributed by atoms with Gasteiger partial charge in [0.15, 0.2) is 0 Å². The van der Waals surface area contributed by atoms with E-state index in [1.165, 1.54) is 0 Å². The summed E-state index contributed by atoms with van der Waals surface area (Å²) in [5, 5.41) is 2.85. The molecule has 0 aromatic rings. The largest absolute Gasteiger partial charge is 0.380 e. The van der Waals surface area contributed by atoms with Crippen molar-refractivity contribution in [2.45, 2.75) is 33.6 Å². The number of ether oxygens (including phenoxy) is 1. The third-order valence-corrected chi connectivity index (χ3v) is 2.00. The normalized spacial score (nSPS) is 10.1. The Morgan fingerprint density at radius 2 is 1.80 bits per heavy atom. The molecule has 0 aliphatic rings. The van der Waals surface area contributed by atoms with E-state index in [1.54, 1.807) is 0 Å². The molecule has 0 unspecified atom stereocenters. The van der Waals surface area contributed by atoms with Gasteiger partial charge >= 0.3 is 6.03 Å². The molecular formula is C11H24N2O2. The van der Waals surface area contributed by atoms with Crippen LogP contribution in [-0.2, 0) is 4.74 Å². The molecule has 0 saturated carbocycles. The van der Waals surface area contributed by atoms with Gasteiger partial charge in [0.1, 0.15) is 0 Å². The van der Waals surface area contributed by atoms with E-state index >= 15 is 0 Å². The fourth-order valence-corrected chi connectivity index (χ4v) is 1.34. The maximum atomic E-state index is 11.6. The molecule has 4 heteroatoms. The number of hydrogen-bond acceptors (Lipinski definition) is 2. The Bertz CT molecular complexity index is 157. The molecular weight excluding hydrogens is 192 g/mol. The van der Waals surface area contributed by atoms with E-state index in [1.807, 2.05) is 11.8 Å². The number of urea groups is 1. The van der Waals surface area contributed by atoms with Crippen LogP contribution in [0, 0.1) is 0 Å². The van der Waals surface area contributed by atoms with Crippen LogP contribution in [0.15, 0.2) is 0 Å². The van der Waals surface area contributed by atoms with Gasteiger partial charge in [0, 0.05) is 26.2 Å². The molecule has 15 heavy (non-hydrogen) atoms. The highest BCUT2D eigenvalue weighted by atomic mass is 16.5. The number of amides is 2. The fraction of sp³-hybridized carbons (Fsp3) is 0.909. The number of rotatable bonds is 8. The third-order valence-electron chi connectivity index (χ3n) is 2.00. The number of carbonyl (C=O) groups excluding carboxylic acids is 1. The van der Waals surface area contributed by atoms with Gasteiger partial charge in [0.2, 0.25) is 0 Å². The monoisotopic (exact) mass is 216 g/mol. The summed E-state index contributed by atoms with van der Waals surface area (Å²) in [5.74, 6) is 0. The van der Waals surface area contributed by atoms with Gasteiger partial charge in [-0.15, -0.1) is 0 Å². The molecule has 0 heterocycles. The lowest BCUT2D eigenvalue weighted by molar-refractivity contribution is 0.145. The molecule has 90 valence electrons. The first-order chi connectivity index (χ1) is 7.26. The number of nitrogens with zero attached hydrogens (tertiary/aromatic N) is 1. The zero-order valence-electron chi connectivity index (χ0n) is 10.2. The highest BCUT2D eigenvalue weighted by molar-refractivity contribution is 5.74. The van der Waals surface area contributed by atoms with Crippen LogP contribution in [0.2, 0.25) is 0 Å². The minimum atomic E-state index is 0.0263. The van der Waals surface area contributed by atoms with Crippen molar-refractivity contribution in [2.75, 3.05) is 32.8 Å². The third kappa shape index (κ3) is 7.19. The molecule has 0 aliphatic heterocycles. The zero-order valence-corrected chi connectivity index (χ0v) is 10.2. The predicted octanol–water partition coefficient (Wildman–Crippen LogP) is 1.85. The van der Waals surface area contributed by atoms with Crippen LogP contribution in [0.1, 0.15) is 33.6 Å². The summed E-state index contributed by atoms with van der Waals surface area (Å²) in [4.78, 5) is 13.5. The molecule has 0 rings (SSSR count). The Morgan fingerprint density at radius 3 is 2.27 bits per heavy atom. The minimum Gasteiger partial charge on any atom is -0.380 e. The van der Waals surface area contributed by atoms with Crippen molar-refractivity contribution < 1.29 is 9.53 Å². The van der Waals surface area contributed by atoms with Gasteiger partial charge < -0.3 is 15.0 Å². The zero-order chi connectivity index (χ0) is 11.5. The molecule has 0 radical (unpaired) electrons. The average Bonchev–Trinajstić information content (AvgIpc) is 2.24. The number of hydrogen-bond donors (Lipinski definition) is 1. The van der Waals surface area contributed by atoms with Crippen LogP contribution in [0.4, 0.5) is 4.79 Å². The second kappa shape index (κ2) is 9.77. The molecule has 0 atom stereocenters. The van der Waals surface area contributed by atoms with E-state index in [2.05, 4.69) is 19.2 Å². The summed E-state index contributed by atoms with van der Waals surface area (Å²) >= 11 is 0. The van der Waals surface area contributed by atoms with Crippen molar-refractivity contribution in [2.24, 2.45) is 0 Å². The maximum absolute atomic E-state index is 11.6. The van der Waals surface area contributed by atoms with Crippen molar-refractivity contribution >= 4 is 6.03 Å². The number of carbonyl (C=O) groups is 1. The fourth-order valence-electron chi connectivity index (χ4n) is 1.34. The van der Waals surface area contributed by atoms with Crippen LogP contribution < -0.4 is 5.32 Å². The van der Waals surface area contributed by atoms with E-state index in [0.29, 0.717) is 19.8 Å². The molecule has 0 aliphatic carbocycles. The Balaban J connectivity index is 3.70. The first kappa shape index (κ1) is 14.2. The minimum absolute atomic E-state index is 0.0263. The van der Waals surface area contributed by atoms with E-state index in [9.17, 15) is 4.79 Å². The van der Waals surface area contributed by atoms with Crippen molar-refractivity contribution in [3.63, 3.8) is 0 Å². The van der Waals surface area contributed by atoms with Gasteiger partial charge in [0.25, 0.3) is 0 Å². The van der Waals surface area contributed by atoms with Gasteiger partial charge in [-0.1, -0.05) is 13.8 Å². The second-order valence-electron chi connectivity index (χ2n) is 3.42. The van der Waals surface area contributed by atoms with Crippen LogP contribution in [0.25, 0.3) is 0 Å². The Kier molecular flexibility index (Phi) is 9.27. The first-order valence-corrected chi connectivity index (χ1v) is 5.86. The molecule has 2 amide bonds. The number of nitrogens with one attached hydrogen (secondary N) is 1. The lowest BCUT2D eigenvalue weighted by Crippen LogP contribution is -2.42. The summed E-state index contributed by atoms with van der Waals surface area (Å²) in [5.41, 5.74) is 0. The molecule has 4 nitrogen and oxygen atoms in total. The molecule has 0 fully saturated rings. The molecule has 1 N–H and O–H groups in total. The van der Waals surface area contributed by atoms with Crippen molar-refractivity contribution in [1.82, 2.24) is 10.2 Å². The topological polar surface area (TPSA) is 41.6 Å². The van der Waals surface area contributed by atoms with Crippen LogP contribution >= 0.6 is 0 Å². The summed E-state index contributed by atoms with van der Waals surface area (Å²) in [6, 6.07) is 0.0263. The lowest BCUT2D eigenvalue weighted by atomic mass is 10.4. The van der Waals surface area contributed by atoms with E-state index in [-0.39, 0.29) is 6.03 Å². The molecule has 0 saturated heterocycles. The predicted molar refractivity (Wildman–Crippen MR) is 62.0 cm³/mol. The Labute approximate surface area is 93.0 Å². The van der Waals surface area contributed by atoms with Gasteiger partial charge in [-0.05, 0) is 19.8 Å². The van der Waals surface area contributed by atoms with E-state index in [4.69, 9.17) is 4.74 Å². The van der Waals surface area contributed by atoms with E-state index < -0.39 is 0 Å². The van der Waals surface area contributed by atoms with Crippen LogP contribution in [-0.4, -0.2) is 43.8 Å². The van der Waals surface area contributed by atoms with Crippen molar-refractivity contribution in [1.29, 1.82) is 0 Å². The summed E-state index contributed by atoms with van der Waals surface area (Å²) in [6.45, 7) is 9.64. The highest BCUT2D eigenvalue weighted by Gasteiger charge is 2.09. The SMILES string of the molecule is CCCN(CCC)C(=O)NCCOCC. The van der Waals surface area contributed by atoms with Gasteiger partial charge in [-0.25, -0.2) is 4.79 Å².